The van der Waals surface area contributed by atoms with E-state index in [-0.39, 0.29) is 10.8 Å². The van der Waals surface area contributed by atoms with E-state index in [1.54, 1.807) is 22.3 Å². The second kappa shape index (κ2) is 12.9. The zero-order valence-electron chi connectivity index (χ0n) is 28.7. The van der Waals surface area contributed by atoms with Crippen LogP contribution in [-0.4, -0.2) is 0 Å². The molecule has 4 aromatic rings. The van der Waals surface area contributed by atoms with Crippen LogP contribution >= 0.6 is 0 Å². The van der Waals surface area contributed by atoms with Crippen LogP contribution < -0.4 is 0 Å². The lowest BCUT2D eigenvalue weighted by molar-refractivity contribution is 0.414. The van der Waals surface area contributed by atoms with Crippen molar-refractivity contribution >= 4 is 24.3 Å². The molecule has 4 aromatic carbocycles. The molecule has 0 heteroatoms. The van der Waals surface area contributed by atoms with Gasteiger partial charge in [-0.25, -0.2) is 0 Å². The zero-order chi connectivity index (χ0) is 31.7. The number of unbranched alkanes of at least 4 members (excludes halogenated alkanes) is 4. The molecule has 0 unspecified atom stereocenters. The Kier molecular flexibility index (Phi) is 8.67. The Hall–Kier alpha value is -3.64. The van der Waals surface area contributed by atoms with Crippen molar-refractivity contribution in [3.05, 3.63) is 117 Å². The highest BCUT2D eigenvalue weighted by Gasteiger charge is 2.43. The van der Waals surface area contributed by atoms with Crippen molar-refractivity contribution in [2.45, 2.75) is 116 Å². The van der Waals surface area contributed by atoms with E-state index in [2.05, 4.69) is 125 Å². The van der Waals surface area contributed by atoms with Crippen molar-refractivity contribution in [3.63, 3.8) is 0 Å². The van der Waals surface area contributed by atoms with E-state index in [4.69, 9.17) is 0 Å². The molecule has 0 spiro atoms. The third-order valence-electron chi connectivity index (χ3n) is 11.6. The fraction of sp³-hybridized carbons (Fsp3) is 0.391. The Bertz CT molecular complexity index is 1530. The standard InChI is InChI=1S/C46H52/c1-5-9-25-45(26-10-6-2)41-21-17-33-13-15-35-19-23-43-39(31-35)40-32-36(16-14-34-18-22-42(45)38(30-34)37(41)29-33)20-24-44(40)46(43,27-11-7-3)28-12-8-4/h13-24,29-32H,5-12,25-28H2,1-4H3. The minimum absolute atomic E-state index is 0.124. The molecule has 0 radical (unpaired) electrons. The molecule has 0 atom stereocenters. The first-order chi connectivity index (χ1) is 22.6. The van der Waals surface area contributed by atoms with Gasteiger partial charge in [0.1, 0.15) is 0 Å². The van der Waals surface area contributed by atoms with Crippen molar-refractivity contribution in [2.24, 2.45) is 0 Å². The van der Waals surface area contributed by atoms with Crippen molar-refractivity contribution in [1.82, 2.24) is 0 Å². The van der Waals surface area contributed by atoms with E-state index in [1.165, 1.54) is 122 Å². The van der Waals surface area contributed by atoms with E-state index in [9.17, 15) is 0 Å². The predicted molar refractivity (Wildman–Crippen MR) is 201 cm³/mol. The van der Waals surface area contributed by atoms with Crippen LogP contribution in [0.3, 0.4) is 0 Å². The first kappa shape index (κ1) is 31.0. The summed E-state index contributed by atoms with van der Waals surface area (Å²) in [6.07, 6.45) is 24.3. The molecule has 0 saturated heterocycles. The van der Waals surface area contributed by atoms with Gasteiger partial charge in [-0.15, -0.1) is 0 Å². The number of hydrogen-bond acceptors (Lipinski definition) is 0. The normalized spacial score (nSPS) is 15.7. The summed E-state index contributed by atoms with van der Waals surface area (Å²) in [7, 11) is 0. The summed E-state index contributed by atoms with van der Waals surface area (Å²) in [6, 6.07) is 29.4. The minimum Gasteiger partial charge on any atom is -0.0654 e. The smallest absolute Gasteiger partial charge is 0.0215 e. The first-order valence-electron chi connectivity index (χ1n) is 18.5. The monoisotopic (exact) mass is 604 g/mol. The molecule has 3 aliphatic carbocycles. The quantitative estimate of drug-likeness (QED) is 0.133. The Morgan fingerprint density at radius 2 is 0.587 bits per heavy atom. The van der Waals surface area contributed by atoms with Crippen LogP contribution in [0.5, 0.6) is 0 Å². The average molecular weight is 605 g/mol. The molecule has 7 rings (SSSR count). The SMILES string of the molecule is CCCCC1(CCCC)c2ccc3cc2-c2cc(ccc21)C=Cc1ccc2c(c1)-c1cc(ccc1C2(CCCC)CCCC)C=C3. The van der Waals surface area contributed by atoms with Gasteiger partial charge < -0.3 is 0 Å². The Balaban J connectivity index is 1.41. The fourth-order valence-corrected chi connectivity index (χ4v) is 9.14. The Labute approximate surface area is 278 Å². The maximum absolute atomic E-state index is 2.48. The number of benzene rings is 4. The highest BCUT2D eigenvalue weighted by molar-refractivity contribution is 5.89. The highest BCUT2D eigenvalue weighted by atomic mass is 14.5. The molecular weight excluding hydrogens is 553 g/mol. The number of fused-ring (bicyclic) bond motifs is 4. The van der Waals surface area contributed by atoms with Crippen LogP contribution in [0.2, 0.25) is 0 Å². The lowest BCUT2D eigenvalue weighted by Gasteiger charge is -2.33. The molecule has 0 amide bonds. The Morgan fingerprint density at radius 3 is 0.804 bits per heavy atom. The summed E-state index contributed by atoms with van der Waals surface area (Å²) < 4.78 is 0. The van der Waals surface area contributed by atoms with Crippen LogP contribution in [0.4, 0.5) is 0 Å². The molecule has 236 valence electrons. The van der Waals surface area contributed by atoms with Crippen LogP contribution in [0.25, 0.3) is 46.6 Å². The number of hydrogen-bond donors (Lipinski definition) is 0. The molecule has 0 saturated carbocycles. The van der Waals surface area contributed by atoms with E-state index in [0.717, 1.165) is 0 Å². The van der Waals surface area contributed by atoms with Gasteiger partial charge in [-0.05, 0) is 117 Å². The van der Waals surface area contributed by atoms with Gasteiger partial charge in [0.2, 0.25) is 0 Å². The molecule has 0 heterocycles. The second-order valence-corrected chi connectivity index (χ2v) is 14.5. The van der Waals surface area contributed by atoms with Gasteiger partial charge in [0.25, 0.3) is 0 Å². The van der Waals surface area contributed by atoms with Gasteiger partial charge in [0.15, 0.2) is 0 Å². The molecular formula is C46H52. The van der Waals surface area contributed by atoms with E-state index in [0.29, 0.717) is 0 Å². The summed E-state index contributed by atoms with van der Waals surface area (Å²) in [6.45, 7) is 9.35. The molecule has 0 nitrogen and oxygen atoms in total. The summed E-state index contributed by atoms with van der Waals surface area (Å²) >= 11 is 0. The third-order valence-corrected chi connectivity index (χ3v) is 11.6. The van der Waals surface area contributed by atoms with Crippen molar-refractivity contribution in [2.75, 3.05) is 0 Å². The Morgan fingerprint density at radius 1 is 0.348 bits per heavy atom. The van der Waals surface area contributed by atoms with Gasteiger partial charge >= 0.3 is 0 Å². The maximum atomic E-state index is 2.48. The number of rotatable bonds is 12. The molecule has 8 bridgehead atoms. The van der Waals surface area contributed by atoms with E-state index < -0.39 is 0 Å². The molecule has 3 aliphatic rings. The maximum Gasteiger partial charge on any atom is 0.0215 e. The van der Waals surface area contributed by atoms with Crippen molar-refractivity contribution < 1.29 is 0 Å². The van der Waals surface area contributed by atoms with Crippen LogP contribution in [0, 0.1) is 0 Å². The van der Waals surface area contributed by atoms with Gasteiger partial charge in [0, 0.05) is 10.8 Å². The van der Waals surface area contributed by atoms with Crippen LogP contribution in [0.1, 0.15) is 149 Å². The minimum atomic E-state index is 0.124. The fourth-order valence-electron chi connectivity index (χ4n) is 9.14. The summed E-state index contributed by atoms with van der Waals surface area (Å²) in [5.74, 6) is 0. The summed E-state index contributed by atoms with van der Waals surface area (Å²) in [4.78, 5) is 0. The molecule has 46 heavy (non-hydrogen) atoms. The van der Waals surface area contributed by atoms with Crippen LogP contribution in [-0.2, 0) is 10.8 Å². The lowest BCUT2D eigenvalue weighted by atomic mass is 9.70. The van der Waals surface area contributed by atoms with Crippen molar-refractivity contribution in [3.8, 4) is 22.3 Å². The first-order valence-corrected chi connectivity index (χ1v) is 18.5. The third kappa shape index (κ3) is 5.13. The predicted octanol–water partition coefficient (Wildman–Crippen LogP) is 13.6. The molecule has 0 fully saturated rings. The van der Waals surface area contributed by atoms with Gasteiger partial charge in [-0.2, -0.15) is 0 Å². The highest BCUT2D eigenvalue weighted by Crippen LogP contribution is 2.56. The lowest BCUT2D eigenvalue weighted by Crippen LogP contribution is -2.25. The molecule has 0 N–H and O–H groups in total. The molecule has 0 aliphatic heterocycles. The van der Waals surface area contributed by atoms with Crippen LogP contribution in [0.15, 0.2) is 72.8 Å². The summed E-state index contributed by atoms with van der Waals surface area (Å²) in [5, 5.41) is 0. The topological polar surface area (TPSA) is 0 Å². The van der Waals surface area contributed by atoms with E-state index in [1.807, 2.05) is 0 Å². The summed E-state index contributed by atoms with van der Waals surface area (Å²) in [5.41, 5.74) is 17.4. The largest absolute Gasteiger partial charge is 0.0654 e. The van der Waals surface area contributed by atoms with E-state index >= 15 is 0 Å². The van der Waals surface area contributed by atoms with Gasteiger partial charge in [-0.3, -0.25) is 0 Å². The molecule has 0 aromatic heterocycles. The average Bonchev–Trinajstić information content (AvgIpc) is 3.51. The van der Waals surface area contributed by atoms with Gasteiger partial charge in [-0.1, -0.05) is 152 Å². The van der Waals surface area contributed by atoms with Gasteiger partial charge in [0.05, 0.1) is 0 Å². The van der Waals surface area contributed by atoms with Crippen molar-refractivity contribution in [1.29, 1.82) is 0 Å². The second-order valence-electron chi connectivity index (χ2n) is 14.5. The zero-order valence-corrected chi connectivity index (χ0v) is 28.7.